The normalized spacial score (nSPS) is 23.4. The predicted octanol–water partition coefficient (Wildman–Crippen LogP) is 2.58. The van der Waals surface area contributed by atoms with Crippen molar-refractivity contribution in [3.8, 4) is 0 Å². The SMILES string of the molecule is COC(C)CNCC1(C)CCCCC1. The van der Waals surface area contributed by atoms with E-state index in [1.54, 1.807) is 7.11 Å². The van der Waals surface area contributed by atoms with Gasteiger partial charge in [0.05, 0.1) is 6.10 Å². The molecule has 0 saturated heterocycles. The van der Waals surface area contributed by atoms with E-state index in [0.29, 0.717) is 11.5 Å². The Balaban J connectivity index is 2.15. The third kappa shape index (κ3) is 3.97. The van der Waals surface area contributed by atoms with Crippen molar-refractivity contribution in [2.45, 2.75) is 52.1 Å². The molecular formula is C12H25NO. The monoisotopic (exact) mass is 199 g/mol. The van der Waals surface area contributed by atoms with Crippen LogP contribution in [0.25, 0.3) is 0 Å². The van der Waals surface area contributed by atoms with Crippen LogP contribution >= 0.6 is 0 Å². The van der Waals surface area contributed by atoms with Crippen molar-refractivity contribution in [2.24, 2.45) is 5.41 Å². The number of hydrogen-bond acceptors (Lipinski definition) is 2. The van der Waals surface area contributed by atoms with Crippen molar-refractivity contribution in [1.29, 1.82) is 0 Å². The summed E-state index contributed by atoms with van der Waals surface area (Å²) < 4.78 is 5.21. The second-order valence-electron chi connectivity index (χ2n) is 5.05. The van der Waals surface area contributed by atoms with Gasteiger partial charge in [-0.2, -0.15) is 0 Å². The lowest BCUT2D eigenvalue weighted by Gasteiger charge is -2.34. The van der Waals surface area contributed by atoms with E-state index in [1.165, 1.54) is 32.1 Å². The minimum absolute atomic E-state index is 0.335. The molecule has 0 amide bonds. The molecule has 1 N–H and O–H groups in total. The van der Waals surface area contributed by atoms with Crippen LogP contribution in [-0.2, 0) is 4.74 Å². The molecule has 1 unspecified atom stereocenters. The molecule has 0 radical (unpaired) electrons. The molecule has 1 aliphatic rings. The van der Waals surface area contributed by atoms with Crippen LogP contribution in [0.3, 0.4) is 0 Å². The maximum atomic E-state index is 5.21. The maximum absolute atomic E-state index is 5.21. The van der Waals surface area contributed by atoms with E-state index in [0.717, 1.165) is 13.1 Å². The zero-order valence-electron chi connectivity index (χ0n) is 9.94. The number of methoxy groups -OCH3 is 1. The van der Waals surface area contributed by atoms with E-state index in [-0.39, 0.29) is 0 Å². The number of ether oxygens (including phenoxy) is 1. The fourth-order valence-electron chi connectivity index (χ4n) is 2.24. The summed E-state index contributed by atoms with van der Waals surface area (Å²) in [4.78, 5) is 0. The van der Waals surface area contributed by atoms with Crippen molar-refractivity contribution in [1.82, 2.24) is 5.32 Å². The van der Waals surface area contributed by atoms with Crippen LogP contribution in [0.5, 0.6) is 0 Å². The van der Waals surface area contributed by atoms with Gasteiger partial charge in [0, 0.05) is 20.2 Å². The van der Waals surface area contributed by atoms with Gasteiger partial charge in [0.1, 0.15) is 0 Å². The van der Waals surface area contributed by atoms with Gasteiger partial charge in [-0.25, -0.2) is 0 Å². The van der Waals surface area contributed by atoms with Crippen LogP contribution < -0.4 is 5.32 Å². The second-order valence-corrected chi connectivity index (χ2v) is 5.05. The van der Waals surface area contributed by atoms with Gasteiger partial charge in [-0.3, -0.25) is 0 Å². The highest BCUT2D eigenvalue weighted by atomic mass is 16.5. The largest absolute Gasteiger partial charge is 0.380 e. The van der Waals surface area contributed by atoms with E-state index in [9.17, 15) is 0 Å². The van der Waals surface area contributed by atoms with E-state index < -0.39 is 0 Å². The Morgan fingerprint density at radius 2 is 1.93 bits per heavy atom. The molecule has 0 bridgehead atoms. The van der Waals surface area contributed by atoms with Gasteiger partial charge in [0.25, 0.3) is 0 Å². The van der Waals surface area contributed by atoms with Gasteiger partial charge in [-0.15, -0.1) is 0 Å². The van der Waals surface area contributed by atoms with Gasteiger partial charge in [0.2, 0.25) is 0 Å². The lowest BCUT2D eigenvalue weighted by Crippen LogP contribution is -2.37. The Bertz CT molecular complexity index is 152. The van der Waals surface area contributed by atoms with Gasteiger partial charge in [0.15, 0.2) is 0 Å². The van der Waals surface area contributed by atoms with Crippen molar-refractivity contribution in [3.63, 3.8) is 0 Å². The molecule has 1 aliphatic carbocycles. The summed E-state index contributed by atoms with van der Waals surface area (Å²) in [6.45, 7) is 6.65. The summed E-state index contributed by atoms with van der Waals surface area (Å²) in [6, 6.07) is 0. The third-order valence-corrected chi connectivity index (χ3v) is 3.45. The van der Waals surface area contributed by atoms with E-state index >= 15 is 0 Å². The molecular weight excluding hydrogens is 174 g/mol. The molecule has 1 saturated carbocycles. The Morgan fingerprint density at radius 3 is 2.50 bits per heavy atom. The van der Waals surface area contributed by atoms with Gasteiger partial charge >= 0.3 is 0 Å². The van der Waals surface area contributed by atoms with Crippen LogP contribution in [0.1, 0.15) is 46.0 Å². The van der Waals surface area contributed by atoms with Gasteiger partial charge < -0.3 is 10.1 Å². The lowest BCUT2D eigenvalue weighted by molar-refractivity contribution is 0.110. The maximum Gasteiger partial charge on any atom is 0.0667 e. The Morgan fingerprint density at radius 1 is 1.29 bits per heavy atom. The van der Waals surface area contributed by atoms with Gasteiger partial charge in [-0.05, 0) is 25.2 Å². The first-order valence-electron chi connectivity index (χ1n) is 5.90. The third-order valence-electron chi connectivity index (χ3n) is 3.45. The molecule has 1 rings (SSSR count). The highest BCUT2D eigenvalue weighted by molar-refractivity contribution is 4.80. The summed E-state index contributed by atoms with van der Waals surface area (Å²) >= 11 is 0. The Kier molecular flexibility index (Phi) is 4.90. The standard InChI is InChI=1S/C12H25NO/c1-11(14-3)9-13-10-12(2)7-5-4-6-8-12/h11,13H,4-10H2,1-3H3. The van der Waals surface area contributed by atoms with Crippen LogP contribution in [-0.4, -0.2) is 26.3 Å². The zero-order chi connectivity index (χ0) is 10.4. The first-order valence-corrected chi connectivity index (χ1v) is 5.90. The second kappa shape index (κ2) is 5.72. The topological polar surface area (TPSA) is 21.3 Å². The highest BCUT2D eigenvalue weighted by Gasteiger charge is 2.26. The molecule has 84 valence electrons. The minimum atomic E-state index is 0.335. The summed E-state index contributed by atoms with van der Waals surface area (Å²) in [5, 5.41) is 3.52. The van der Waals surface area contributed by atoms with E-state index in [2.05, 4.69) is 19.2 Å². The fraction of sp³-hybridized carbons (Fsp3) is 1.00. The average molecular weight is 199 g/mol. The first kappa shape index (κ1) is 12.0. The number of hydrogen-bond donors (Lipinski definition) is 1. The van der Waals surface area contributed by atoms with Crippen molar-refractivity contribution in [3.05, 3.63) is 0 Å². The van der Waals surface area contributed by atoms with Crippen molar-refractivity contribution >= 4 is 0 Å². The summed E-state index contributed by atoms with van der Waals surface area (Å²) in [6.07, 6.45) is 7.38. The molecule has 0 aliphatic heterocycles. The molecule has 1 fully saturated rings. The van der Waals surface area contributed by atoms with E-state index in [1.807, 2.05) is 0 Å². The molecule has 0 aromatic heterocycles. The number of nitrogens with one attached hydrogen (secondary N) is 1. The molecule has 2 heteroatoms. The van der Waals surface area contributed by atoms with Crippen LogP contribution in [0, 0.1) is 5.41 Å². The quantitative estimate of drug-likeness (QED) is 0.735. The number of rotatable bonds is 5. The summed E-state index contributed by atoms with van der Waals surface area (Å²) in [7, 11) is 1.77. The fourth-order valence-corrected chi connectivity index (χ4v) is 2.24. The predicted molar refractivity (Wildman–Crippen MR) is 60.5 cm³/mol. The highest BCUT2D eigenvalue weighted by Crippen LogP contribution is 2.34. The Labute approximate surface area is 88.4 Å². The molecule has 1 atom stereocenters. The van der Waals surface area contributed by atoms with Crippen LogP contribution in [0.4, 0.5) is 0 Å². The van der Waals surface area contributed by atoms with Crippen LogP contribution in [0.2, 0.25) is 0 Å². The smallest absolute Gasteiger partial charge is 0.0667 e. The Hall–Kier alpha value is -0.0800. The molecule has 0 spiro atoms. The summed E-state index contributed by atoms with van der Waals surface area (Å²) in [5.74, 6) is 0. The van der Waals surface area contributed by atoms with E-state index in [4.69, 9.17) is 4.74 Å². The lowest BCUT2D eigenvalue weighted by atomic mass is 9.76. The van der Waals surface area contributed by atoms with Crippen molar-refractivity contribution in [2.75, 3.05) is 20.2 Å². The first-order chi connectivity index (χ1) is 6.66. The summed E-state index contributed by atoms with van der Waals surface area (Å²) in [5.41, 5.74) is 0.547. The molecule has 14 heavy (non-hydrogen) atoms. The average Bonchev–Trinajstić information content (AvgIpc) is 2.18. The van der Waals surface area contributed by atoms with Gasteiger partial charge in [-0.1, -0.05) is 26.2 Å². The minimum Gasteiger partial charge on any atom is -0.380 e. The molecule has 0 heterocycles. The zero-order valence-corrected chi connectivity index (χ0v) is 9.94. The molecule has 0 aromatic rings. The van der Waals surface area contributed by atoms with Crippen LogP contribution in [0.15, 0.2) is 0 Å². The molecule has 0 aromatic carbocycles. The molecule has 2 nitrogen and oxygen atoms in total. The van der Waals surface area contributed by atoms with Crippen molar-refractivity contribution < 1.29 is 4.74 Å².